The van der Waals surface area contributed by atoms with E-state index in [4.69, 9.17) is 9.47 Å². The Balaban J connectivity index is 1.54. The summed E-state index contributed by atoms with van der Waals surface area (Å²) in [6.07, 6.45) is 3.89. The van der Waals surface area contributed by atoms with Crippen molar-refractivity contribution in [1.82, 2.24) is 19.7 Å². The SMILES string of the molecule is CC1(C)CC2(CO1)CN(C(=O)c1cccc(-n3cncn3)c1)CCO2. The van der Waals surface area contributed by atoms with Gasteiger partial charge >= 0.3 is 0 Å². The first-order valence-corrected chi connectivity index (χ1v) is 8.49. The predicted octanol–water partition coefficient (Wildman–Crippen LogP) is 1.68. The maximum atomic E-state index is 13.0. The Morgan fingerprint density at radius 2 is 2.16 bits per heavy atom. The molecule has 1 aromatic carbocycles. The number of benzene rings is 1. The molecule has 0 saturated carbocycles. The summed E-state index contributed by atoms with van der Waals surface area (Å²) in [5.41, 5.74) is 0.861. The van der Waals surface area contributed by atoms with Gasteiger partial charge in [-0.15, -0.1) is 0 Å². The van der Waals surface area contributed by atoms with Gasteiger partial charge < -0.3 is 14.4 Å². The van der Waals surface area contributed by atoms with Crippen molar-refractivity contribution in [3.63, 3.8) is 0 Å². The molecule has 0 bridgehead atoms. The van der Waals surface area contributed by atoms with Gasteiger partial charge in [-0.1, -0.05) is 6.07 Å². The third-order valence-electron chi connectivity index (χ3n) is 4.79. The van der Waals surface area contributed by atoms with Gasteiger partial charge in [-0.25, -0.2) is 9.67 Å². The molecular weight excluding hydrogens is 320 g/mol. The molecule has 1 spiro atoms. The number of rotatable bonds is 2. The third kappa shape index (κ3) is 3.17. The summed E-state index contributed by atoms with van der Waals surface area (Å²) in [7, 11) is 0. The Morgan fingerprint density at radius 3 is 2.88 bits per heavy atom. The number of carbonyl (C=O) groups is 1. The second-order valence-electron chi connectivity index (χ2n) is 7.37. The van der Waals surface area contributed by atoms with Crippen LogP contribution in [0.15, 0.2) is 36.9 Å². The van der Waals surface area contributed by atoms with Gasteiger partial charge in [0.2, 0.25) is 0 Å². The molecule has 3 heterocycles. The van der Waals surface area contributed by atoms with Gasteiger partial charge in [0.25, 0.3) is 5.91 Å². The standard InChI is InChI=1S/C18H22N4O3/c1-17(2)9-18(11-25-17)10-21(6-7-24-18)16(23)14-4-3-5-15(8-14)22-13-19-12-20-22/h3-5,8,12-13H,6-7,9-11H2,1-2H3. The summed E-state index contributed by atoms with van der Waals surface area (Å²) in [5.74, 6) is 0.00865. The van der Waals surface area contributed by atoms with Crippen LogP contribution in [-0.2, 0) is 9.47 Å². The second-order valence-corrected chi connectivity index (χ2v) is 7.37. The fraction of sp³-hybridized carbons (Fsp3) is 0.500. The molecule has 0 radical (unpaired) electrons. The van der Waals surface area contributed by atoms with Gasteiger partial charge in [-0.05, 0) is 32.0 Å². The minimum Gasteiger partial charge on any atom is -0.372 e. The van der Waals surface area contributed by atoms with Crippen LogP contribution in [0.1, 0.15) is 30.6 Å². The summed E-state index contributed by atoms with van der Waals surface area (Å²) in [5, 5.41) is 4.12. The molecule has 1 amide bonds. The molecule has 0 N–H and O–H groups in total. The first-order chi connectivity index (χ1) is 12.0. The number of aromatic nitrogens is 3. The van der Waals surface area contributed by atoms with Gasteiger partial charge in [-0.3, -0.25) is 4.79 Å². The van der Waals surface area contributed by atoms with E-state index in [1.807, 2.05) is 29.2 Å². The number of hydrogen-bond acceptors (Lipinski definition) is 5. The molecule has 2 fully saturated rings. The van der Waals surface area contributed by atoms with Crippen LogP contribution in [-0.4, -0.2) is 63.1 Å². The van der Waals surface area contributed by atoms with Gasteiger partial charge in [-0.2, -0.15) is 5.10 Å². The predicted molar refractivity (Wildman–Crippen MR) is 90.6 cm³/mol. The number of morpholine rings is 1. The van der Waals surface area contributed by atoms with E-state index < -0.39 is 0 Å². The van der Waals surface area contributed by atoms with Crippen LogP contribution < -0.4 is 0 Å². The van der Waals surface area contributed by atoms with E-state index in [0.29, 0.717) is 31.9 Å². The van der Waals surface area contributed by atoms with E-state index in [9.17, 15) is 4.79 Å². The lowest BCUT2D eigenvalue weighted by Gasteiger charge is -2.40. The van der Waals surface area contributed by atoms with E-state index in [-0.39, 0.29) is 17.1 Å². The minimum atomic E-state index is -0.388. The van der Waals surface area contributed by atoms with Gasteiger partial charge in [0, 0.05) is 18.5 Å². The van der Waals surface area contributed by atoms with Crippen molar-refractivity contribution in [2.24, 2.45) is 0 Å². The fourth-order valence-electron chi connectivity index (χ4n) is 3.72. The van der Waals surface area contributed by atoms with Crippen LogP contribution in [0, 0.1) is 0 Å². The molecule has 0 aliphatic carbocycles. The van der Waals surface area contributed by atoms with Crippen molar-refractivity contribution < 1.29 is 14.3 Å². The van der Waals surface area contributed by atoms with Crippen molar-refractivity contribution in [3.8, 4) is 5.69 Å². The summed E-state index contributed by atoms with van der Waals surface area (Å²) >= 11 is 0. The fourth-order valence-corrected chi connectivity index (χ4v) is 3.72. The number of amides is 1. The van der Waals surface area contributed by atoms with Crippen LogP contribution in [0.4, 0.5) is 0 Å². The van der Waals surface area contributed by atoms with Gasteiger partial charge in [0.15, 0.2) is 0 Å². The van der Waals surface area contributed by atoms with E-state index in [2.05, 4.69) is 23.9 Å². The van der Waals surface area contributed by atoms with Crippen LogP contribution >= 0.6 is 0 Å². The molecule has 2 saturated heterocycles. The number of nitrogens with zero attached hydrogens (tertiary/aromatic N) is 4. The molecule has 1 atom stereocenters. The maximum absolute atomic E-state index is 13.0. The molecule has 2 aliphatic rings. The molecule has 7 nitrogen and oxygen atoms in total. The summed E-state index contributed by atoms with van der Waals surface area (Å²) < 4.78 is 13.5. The molecule has 1 aromatic heterocycles. The lowest BCUT2D eigenvalue weighted by Crippen LogP contribution is -2.54. The normalized spacial score (nSPS) is 25.4. The minimum absolute atomic E-state index is 0.00865. The van der Waals surface area contributed by atoms with Crippen LogP contribution in [0.5, 0.6) is 0 Å². The average molecular weight is 342 g/mol. The molecule has 7 heteroatoms. The monoisotopic (exact) mass is 342 g/mol. The second kappa shape index (κ2) is 5.93. The molecule has 4 rings (SSSR count). The van der Waals surface area contributed by atoms with Crippen molar-refractivity contribution in [2.45, 2.75) is 31.5 Å². The first kappa shape index (κ1) is 16.2. The summed E-state index contributed by atoms with van der Waals surface area (Å²) in [6.45, 7) is 6.34. The highest BCUT2D eigenvalue weighted by atomic mass is 16.6. The van der Waals surface area contributed by atoms with Crippen LogP contribution in [0.25, 0.3) is 5.69 Å². The number of ether oxygens (including phenoxy) is 2. The van der Waals surface area contributed by atoms with Crippen molar-refractivity contribution in [2.75, 3.05) is 26.3 Å². The first-order valence-electron chi connectivity index (χ1n) is 8.49. The molecular formula is C18H22N4O3. The van der Waals surface area contributed by atoms with E-state index in [1.54, 1.807) is 11.0 Å². The smallest absolute Gasteiger partial charge is 0.254 e. The summed E-state index contributed by atoms with van der Waals surface area (Å²) in [4.78, 5) is 18.8. The highest BCUT2D eigenvalue weighted by molar-refractivity contribution is 5.94. The van der Waals surface area contributed by atoms with Crippen LogP contribution in [0.2, 0.25) is 0 Å². The zero-order valence-corrected chi connectivity index (χ0v) is 14.5. The largest absolute Gasteiger partial charge is 0.372 e. The Labute approximate surface area is 146 Å². The molecule has 2 aliphatic heterocycles. The maximum Gasteiger partial charge on any atom is 0.254 e. The quantitative estimate of drug-likeness (QED) is 0.830. The third-order valence-corrected chi connectivity index (χ3v) is 4.79. The molecule has 132 valence electrons. The zero-order chi connectivity index (χ0) is 17.5. The number of hydrogen-bond donors (Lipinski definition) is 0. The lowest BCUT2D eigenvalue weighted by molar-refractivity contribution is -0.0998. The van der Waals surface area contributed by atoms with Crippen molar-refractivity contribution >= 4 is 5.91 Å². The molecule has 1 unspecified atom stereocenters. The van der Waals surface area contributed by atoms with Crippen LogP contribution in [0.3, 0.4) is 0 Å². The Morgan fingerprint density at radius 1 is 1.28 bits per heavy atom. The summed E-state index contributed by atoms with van der Waals surface area (Å²) in [6, 6.07) is 7.44. The highest BCUT2D eigenvalue weighted by Gasteiger charge is 2.48. The zero-order valence-electron chi connectivity index (χ0n) is 14.5. The number of carbonyl (C=O) groups excluding carboxylic acids is 1. The average Bonchev–Trinajstić information content (AvgIpc) is 3.23. The lowest BCUT2D eigenvalue weighted by atomic mass is 9.91. The molecule has 25 heavy (non-hydrogen) atoms. The van der Waals surface area contributed by atoms with E-state index in [1.165, 1.54) is 6.33 Å². The van der Waals surface area contributed by atoms with Crippen molar-refractivity contribution in [3.05, 3.63) is 42.5 Å². The van der Waals surface area contributed by atoms with Gasteiger partial charge in [0.05, 0.1) is 31.0 Å². The topological polar surface area (TPSA) is 69.5 Å². The Hall–Kier alpha value is -2.25. The highest BCUT2D eigenvalue weighted by Crippen LogP contribution is 2.37. The van der Waals surface area contributed by atoms with E-state index in [0.717, 1.165) is 12.1 Å². The Bertz CT molecular complexity index is 774. The van der Waals surface area contributed by atoms with E-state index >= 15 is 0 Å². The van der Waals surface area contributed by atoms with Crippen molar-refractivity contribution in [1.29, 1.82) is 0 Å². The molecule has 2 aromatic rings. The van der Waals surface area contributed by atoms with Gasteiger partial charge in [0.1, 0.15) is 18.3 Å². The Kier molecular flexibility index (Phi) is 3.85.